The Morgan fingerprint density at radius 2 is 1.84 bits per heavy atom. The van der Waals surface area contributed by atoms with Crippen molar-refractivity contribution in [1.29, 1.82) is 0 Å². The number of pyridine rings is 1. The van der Waals surface area contributed by atoms with Crippen LogP contribution in [0, 0.1) is 28.6 Å². The van der Waals surface area contributed by atoms with Crippen LogP contribution in [0.2, 0.25) is 0 Å². The molecule has 2 aromatic rings. The number of carbonyl (C=O) groups is 4. The summed E-state index contributed by atoms with van der Waals surface area (Å²) >= 11 is 0. The van der Waals surface area contributed by atoms with Crippen molar-refractivity contribution in [1.82, 2.24) is 19.5 Å². The summed E-state index contributed by atoms with van der Waals surface area (Å²) in [5, 5.41) is 0.846. The third-order valence-electron chi connectivity index (χ3n) is 14.4. The number of carbonyl (C=O) groups excluding carboxylic acids is 4. The number of ketones is 1. The molecule has 15 heteroatoms. The number of amides is 2. The maximum atomic E-state index is 14.9. The first kappa shape index (κ1) is 44.5. The van der Waals surface area contributed by atoms with Gasteiger partial charge in [-0.05, 0) is 87.7 Å². The van der Waals surface area contributed by atoms with E-state index in [0.29, 0.717) is 62.5 Å². The standard InChI is InChI=1S/C47H63FN4O9S/c1-6-30-24-47(30,44(56)50-62(57,58)46(5)17-18-46)25-38(53)37-22-32-28-52(37)43(55)35(45(2,3)4)23-40(54)61-39-21-29(39)13-8-7-9-15-34-41(59-20-12-19-51-26-31(48)27-51)33-14-10-11-16-36(33)49-42(34)60-32/h6,10-11,14,16,29-32,35,37,39H,1,7-9,12-13,15,17-28H2,2-5H3,(H,50,56)/t29-,30-,32-,35-,37+,39-,47-/m1/s1. The average Bonchev–Trinajstić information content (AvgIpc) is 4.16. The number of halogens is 1. The first-order valence-electron chi connectivity index (χ1n) is 22.7. The Bertz CT molecular complexity index is 2200. The highest BCUT2D eigenvalue weighted by Crippen LogP contribution is 2.57. The van der Waals surface area contributed by atoms with E-state index in [1.165, 1.54) is 4.90 Å². The molecule has 62 heavy (non-hydrogen) atoms. The minimum absolute atomic E-state index is 0.0217. The highest BCUT2D eigenvalue weighted by Gasteiger charge is 2.62. The molecular weight excluding hydrogens is 816 g/mol. The zero-order valence-electron chi connectivity index (χ0n) is 36.7. The van der Waals surface area contributed by atoms with Crippen LogP contribution in [0.5, 0.6) is 11.6 Å². The van der Waals surface area contributed by atoms with Crippen molar-refractivity contribution in [2.75, 3.05) is 32.8 Å². The summed E-state index contributed by atoms with van der Waals surface area (Å²) in [6, 6.07) is 6.69. The van der Waals surface area contributed by atoms with Crippen molar-refractivity contribution in [3.63, 3.8) is 0 Å². The molecule has 0 radical (unpaired) electrons. The Morgan fingerprint density at radius 3 is 2.53 bits per heavy atom. The van der Waals surface area contributed by atoms with Crippen molar-refractivity contribution in [2.24, 2.45) is 28.6 Å². The lowest BCUT2D eigenvalue weighted by molar-refractivity contribution is -0.154. The molecule has 2 bridgehead atoms. The highest BCUT2D eigenvalue weighted by atomic mass is 32.2. The van der Waals surface area contributed by atoms with Crippen LogP contribution in [0.3, 0.4) is 0 Å². The van der Waals surface area contributed by atoms with E-state index in [2.05, 4.69) is 16.2 Å². The first-order chi connectivity index (χ1) is 29.4. The normalized spacial score (nSPS) is 30.4. The fourth-order valence-corrected chi connectivity index (χ4v) is 11.1. The molecule has 1 aromatic heterocycles. The molecule has 6 aliphatic rings. The number of allylic oxidation sites excluding steroid dienone is 1. The summed E-state index contributed by atoms with van der Waals surface area (Å²) in [5.74, 6) is -1.88. The van der Waals surface area contributed by atoms with Crippen molar-refractivity contribution >= 4 is 44.5 Å². The number of sulfonamides is 1. The van der Waals surface area contributed by atoms with Crippen molar-refractivity contribution in [3.8, 4) is 11.6 Å². The van der Waals surface area contributed by atoms with Crippen LogP contribution in [0.1, 0.15) is 110 Å². The van der Waals surface area contributed by atoms with Crippen LogP contribution >= 0.6 is 0 Å². The Labute approximate surface area is 364 Å². The minimum Gasteiger partial charge on any atom is -0.492 e. The maximum Gasteiger partial charge on any atom is 0.306 e. The number of aromatic nitrogens is 1. The van der Waals surface area contributed by atoms with Crippen LogP contribution < -0.4 is 14.2 Å². The molecule has 13 nitrogen and oxygen atoms in total. The predicted octanol–water partition coefficient (Wildman–Crippen LogP) is 6.26. The van der Waals surface area contributed by atoms with Gasteiger partial charge in [-0.1, -0.05) is 51.8 Å². The molecule has 2 saturated heterocycles. The molecule has 338 valence electrons. The largest absolute Gasteiger partial charge is 0.492 e. The minimum atomic E-state index is -3.97. The fourth-order valence-electron chi connectivity index (χ4n) is 9.73. The quantitative estimate of drug-likeness (QED) is 0.146. The second kappa shape index (κ2) is 17.1. The predicted molar refractivity (Wildman–Crippen MR) is 231 cm³/mol. The number of esters is 1. The molecule has 5 fully saturated rings. The number of hydrogen-bond acceptors (Lipinski definition) is 11. The number of nitrogens with one attached hydrogen (secondary N) is 1. The third kappa shape index (κ3) is 9.25. The zero-order chi connectivity index (χ0) is 44.2. The van der Waals surface area contributed by atoms with E-state index in [0.717, 1.165) is 49.6 Å². The fraction of sp³-hybridized carbons (Fsp3) is 0.681. The van der Waals surface area contributed by atoms with E-state index in [-0.39, 0.29) is 50.2 Å². The highest BCUT2D eigenvalue weighted by molar-refractivity contribution is 7.91. The summed E-state index contributed by atoms with van der Waals surface area (Å²) in [6.45, 7) is 13.2. The number of para-hydroxylation sites is 1. The van der Waals surface area contributed by atoms with Crippen molar-refractivity contribution < 1.29 is 46.2 Å². The van der Waals surface area contributed by atoms with Crippen LogP contribution in [-0.4, -0.2) is 109 Å². The summed E-state index contributed by atoms with van der Waals surface area (Å²) < 4.78 is 60.6. The molecule has 8 rings (SSSR count). The Kier molecular flexibility index (Phi) is 12.3. The number of Topliss-reactive ketones (excluding diaryl/α,β-unsaturated/α-hetero) is 1. The number of likely N-dealkylation sites (tertiary alicyclic amines) is 1. The van der Waals surface area contributed by atoms with E-state index in [1.54, 1.807) is 13.0 Å². The van der Waals surface area contributed by atoms with Gasteiger partial charge < -0.3 is 19.1 Å². The number of rotatable bonds is 12. The number of nitrogens with zero attached hydrogens (tertiary/aromatic N) is 3. The Balaban J connectivity index is 1.12. The molecule has 7 atom stereocenters. The second-order valence-corrected chi connectivity index (χ2v) is 22.5. The summed E-state index contributed by atoms with van der Waals surface area (Å²) in [6.07, 6.45) is 6.47. The lowest BCUT2D eigenvalue weighted by atomic mass is 9.77. The molecular formula is C47H63FN4O9S. The van der Waals surface area contributed by atoms with Gasteiger partial charge in [-0.15, -0.1) is 6.58 Å². The third-order valence-corrected chi connectivity index (χ3v) is 16.6. The molecule has 2 amide bonds. The smallest absolute Gasteiger partial charge is 0.306 e. The molecule has 0 unspecified atom stereocenters. The summed E-state index contributed by atoms with van der Waals surface area (Å²) in [7, 11) is -3.97. The SMILES string of the molecule is C=C[C@@H]1C[C@]1(CC(=O)[C@@H]1C[C@@H]2CN1C(=O)[C@H](C(C)(C)C)CC(=O)O[C@@H]1C[C@H]1CCCCCc1c(nc3ccccc3c1OCCCN1CC(F)C1)O2)C(=O)NS(=O)(=O)C1(C)CC1. The molecule has 1 aromatic carbocycles. The van der Waals surface area contributed by atoms with Gasteiger partial charge in [-0.3, -0.25) is 28.8 Å². The van der Waals surface area contributed by atoms with Gasteiger partial charge in [0.25, 0.3) is 0 Å². The van der Waals surface area contributed by atoms with Gasteiger partial charge in [-0.2, -0.15) is 0 Å². The lowest BCUT2D eigenvalue weighted by Crippen LogP contribution is -2.49. The van der Waals surface area contributed by atoms with Gasteiger partial charge in [-0.25, -0.2) is 17.8 Å². The van der Waals surface area contributed by atoms with Gasteiger partial charge in [0, 0.05) is 37.9 Å². The van der Waals surface area contributed by atoms with Gasteiger partial charge in [0.05, 0.1) is 52.8 Å². The Morgan fingerprint density at radius 1 is 1.08 bits per heavy atom. The topological polar surface area (TPSA) is 162 Å². The lowest BCUT2D eigenvalue weighted by Gasteiger charge is -2.34. The van der Waals surface area contributed by atoms with E-state index in [4.69, 9.17) is 19.2 Å². The van der Waals surface area contributed by atoms with Crippen LogP contribution in [0.25, 0.3) is 10.9 Å². The average molecular weight is 879 g/mol. The van der Waals surface area contributed by atoms with Crippen molar-refractivity contribution in [2.45, 2.75) is 140 Å². The molecule has 0 spiro atoms. The number of benzene rings is 1. The maximum absolute atomic E-state index is 14.9. The van der Waals surface area contributed by atoms with Gasteiger partial charge in [0.15, 0.2) is 5.78 Å². The number of ether oxygens (including phenoxy) is 3. The van der Waals surface area contributed by atoms with E-state index < -0.39 is 73.4 Å². The number of hydrogen-bond donors (Lipinski definition) is 1. The van der Waals surface area contributed by atoms with Gasteiger partial charge in [0.2, 0.25) is 27.7 Å². The van der Waals surface area contributed by atoms with Crippen LogP contribution in [-0.2, 0) is 40.4 Å². The van der Waals surface area contributed by atoms with Crippen molar-refractivity contribution in [3.05, 3.63) is 42.5 Å². The monoisotopic (exact) mass is 878 g/mol. The second-order valence-electron chi connectivity index (χ2n) is 20.3. The Hall–Kier alpha value is -4.11. The van der Waals surface area contributed by atoms with Gasteiger partial charge in [0.1, 0.15) is 24.1 Å². The molecule has 3 aliphatic heterocycles. The molecule has 3 saturated carbocycles. The van der Waals surface area contributed by atoms with E-state index in [1.807, 2.05) is 45.0 Å². The molecule has 1 N–H and O–H groups in total. The number of fused-ring (bicyclic) bond motifs is 5. The van der Waals surface area contributed by atoms with E-state index >= 15 is 0 Å². The van der Waals surface area contributed by atoms with E-state index in [9.17, 15) is 32.0 Å². The molecule has 4 heterocycles. The first-order valence-corrected chi connectivity index (χ1v) is 24.2. The summed E-state index contributed by atoms with van der Waals surface area (Å²) in [4.78, 5) is 65.6. The van der Waals surface area contributed by atoms with Crippen LogP contribution in [0.4, 0.5) is 4.39 Å². The zero-order valence-corrected chi connectivity index (χ0v) is 37.5. The number of alkyl halides is 1. The van der Waals surface area contributed by atoms with Crippen LogP contribution in [0.15, 0.2) is 36.9 Å². The van der Waals surface area contributed by atoms with Gasteiger partial charge >= 0.3 is 5.97 Å². The molecule has 3 aliphatic carbocycles. The summed E-state index contributed by atoms with van der Waals surface area (Å²) in [5.41, 5.74) is -0.534.